The molecule has 0 aliphatic heterocycles. The van der Waals surface area contributed by atoms with Crippen molar-refractivity contribution in [2.24, 2.45) is 0 Å². The van der Waals surface area contributed by atoms with Crippen molar-refractivity contribution >= 4 is 11.7 Å². The lowest BCUT2D eigenvalue weighted by Crippen LogP contribution is -2.31. The molecule has 0 fully saturated rings. The molecule has 0 atom stereocenters. The zero-order valence-corrected chi connectivity index (χ0v) is 13.3. The van der Waals surface area contributed by atoms with E-state index in [1.165, 1.54) is 17.7 Å². The Morgan fingerprint density at radius 2 is 1.78 bits per heavy atom. The number of urea groups is 1. The number of nitrogens with zero attached hydrogens (tertiary/aromatic N) is 1. The quantitative estimate of drug-likeness (QED) is 0.769. The molecule has 0 bridgehead atoms. The van der Waals surface area contributed by atoms with Crippen LogP contribution in [-0.4, -0.2) is 31.1 Å². The van der Waals surface area contributed by atoms with Crippen molar-refractivity contribution < 1.29 is 9.18 Å². The van der Waals surface area contributed by atoms with E-state index in [9.17, 15) is 9.18 Å². The highest BCUT2D eigenvalue weighted by molar-refractivity contribution is 5.89. The fraction of sp³-hybridized carbons (Fsp3) is 0.278. The third-order valence-electron chi connectivity index (χ3n) is 3.42. The lowest BCUT2D eigenvalue weighted by Gasteiger charge is -2.16. The Balaban J connectivity index is 1.63. The molecule has 2 aromatic carbocycles. The Kier molecular flexibility index (Phi) is 6.56. The van der Waals surface area contributed by atoms with Crippen molar-refractivity contribution in [1.29, 1.82) is 0 Å². The first kappa shape index (κ1) is 17.0. The van der Waals surface area contributed by atoms with E-state index in [0.717, 1.165) is 19.5 Å². The van der Waals surface area contributed by atoms with E-state index in [0.29, 0.717) is 6.54 Å². The van der Waals surface area contributed by atoms with Crippen LogP contribution in [0, 0.1) is 5.82 Å². The number of rotatable bonds is 7. The van der Waals surface area contributed by atoms with E-state index < -0.39 is 5.82 Å². The summed E-state index contributed by atoms with van der Waals surface area (Å²) < 4.78 is 13.4. The summed E-state index contributed by atoms with van der Waals surface area (Å²) in [5, 5.41) is 5.23. The van der Waals surface area contributed by atoms with Crippen LogP contribution in [0.1, 0.15) is 12.0 Å². The molecule has 0 saturated carbocycles. The van der Waals surface area contributed by atoms with E-state index >= 15 is 0 Å². The minimum Gasteiger partial charge on any atom is -0.338 e. The van der Waals surface area contributed by atoms with Crippen LogP contribution >= 0.6 is 0 Å². The largest absolute Gasteiger partial charge is 0.338 e. The third-order valence-corrected chi connectivity index (χ3v) is 3.42. The van der Waals surface area contributed by atoms with E-state index in [2.05, 4.69) is 27.7 Å². The van der Waals surface area contributed by atoms with Gasteiger partial charge in [-0.15, -0.1) is 0 Å². The van der Waals surface area contributed by atoms with Crippen LogP contribution in [0.15, 0.2) is 54.6 Å². The van der Waals surface area contributed by atoms with E-state index in [-0.39, 0.29) is 11.7 Å². The Bertz CT molecular complexity index is 619. The predicted octanol–water partition coefficient (Wildman–Crippen LogP) is 3.47. The van der Waals surface area contributed by atoms with Gasteiger partial charge in [-0.3, -0.25) is 0 Å². The molecule has 5 heteroatoms. The zero-order chi connectivity index (χ0) is 16.5. The summed E-state index contributed by atoms with van der Waals surface area (Å²) in [6.45, 7) is 2.29. The number of anilines is 1. The lowest BCUT2D eigenvalue weighted by molar-refractivity contribution is 0.250. The number of nitrogens with one attached hydrogen (secondary N) is 2. The van der Waals surface area contributed by atoms with Gasteiger partial charge in [0.05, 0.1) is 5.69 Å². The van der Waals surface area contributed by atoms with Gasteiger partial charge in [0.25, 0.3) is 0 Å². The van der Waals surface area contributed by atoms with Gasteiger partial charge >= 0.3 is 6.03 Å². The second-order valence-corrected chi connectivity index (χ2v) is 5.44. The first-order valence-electron chi connectivity index (χ1n) is 7.67. The molecule has 0 aromatic heterocycles. The molecule has 23 heavy (non-hydrogen) atoms. The maximum Gasteiger partial charge on any atom is 0.319 e. The summed E-state index contributed by atoms with van der Waals surface area (Å²) in [6.07, 6.45) is 0.827. The number of amides is 2. The molecule has 2 rings (SSSR count). The number of para-hydroxylation sites is 1. The molecule has 0 spiro atoms. The number of benzene rings is 2. The molecular weight excluding hydrogens is 293 g/mol. The van der Waals surface area contributed by atoms with E-state index in [1.54, 1.807) is 12.1 Å². The fourth-order valence-electron chi connectivity index (χ4n) is 2.25. The van der Waals surface area contributed by atoms with Gasteiger partial charge in [0.2, 0.25) is 0 Å². The lowest BCUT2D eigenvalue weighted by atomic mass is 10.2. The standard InChI is InChI=1S/C18H22FN3O/c1-22(14-15-8-3-2-4-9-15)13-7-12-20-18(23)21-17-11-6-5-10-16(17)19/h2-6,8-11H,7,12-14H2,1H3,(H2,20,21,23). The van der Waals surface area contributed by atoms with Crippen LogP contribution < -0.4 is 10.6 Å². The van der Waals surface area contributed by atoms with E-state index in [4.69, 9.17) is 0 Å². The summed E-state index contributed by atoms with van der Waals surface area (Å²) in [5.74, 6) is -0.440. The van der Waals surface area contributed by atoms with Crippen LogP contribution in [0.5, 0.6) is 0 Å². The molecule has 2 aromatic rings. The summed E-state index contributed by atoms with van der Waals surface area (Å²) in [4.78, 5) is 13.9. The predicted molar refractivity (Wildman–Crippen MR) is 90.8 cm³/mol. The third kappa shape index (κ3) is 6.08. The van der Waals surface area contributed by atoms with Gasteiger partial charge in [0.1, 0.15) is 5.82 Å². The topological polar surface area (TPSA) is 44.4 Å². The van der Waals surface area contributed by atoms with Crippen molar-refractivity contribution in [2.45, 2.75) is 13.0 Å². The number of hydrogen-bond acceptors (Lipinski definition) is 2. The molecule has 4 nitrogen and oxygen atoms in total. The van der Waals surface area contributed by atoms with Crippen LogP contribution in [0.25, 0.3) is 0 Å². The van der Waals surface area contributed by atoms with Crippen LogP contribution in [0.2, 0.25) is 0 Å². The molecular formula is C18H22FN3O. The minimum atomic E-state index is -0.440. The number of carbonyl (C=O) groups excluding carboxylic acids is 1. The number of hydrogen-bond donors (Lipinski definition) is 2. The highest BCUT2D eigenvalue weighted by Gasteiger charge is 2.05. The minimum absolute atomic E-state index is 0.186. The van der Waals surface area contributed by atoms with Crippen LogP contribution in [-0.2, 0) is 6.54 Å². The monoisotopic (exact) mass is 315 g/mol. The van der Waals surface area contributed by atoms with Gasteiger partial charge in [-0.25, -0.2) is 9.18 Å². The average Bonchev–Trinajstić information content (AvgIpc) is 2.55. The van der Waals surface area contributed by atoms with Crippen molar-refractivity contribution in [3.05, 3.63) is 66.0 Å². The molecule has 0 unspecified atom stereocenters. The Morgan fingerprint density at radius 1 is 1.09 bits per heavy atom. The van der Waals surface area contributed by atoms with Crippen molar-refractivity contribution in [1.82, 2.24) is 10.2 Å². The number of carbonyl (C=O) groups is 1. The SMILES string of the molecule is CN(CCCNC(=O)Nc1ccccc1F)Cc1ccccc1. The van der Waals surface area contributed by atoms with Crippen LogP contribution in [0.3, 0.4) is 0 Å². The van der Waals surface area contributed by atoms with Gasteiger partial charge in [0, 0.05) is 13.1 Å². The van der Waals surface area contributed by atoms with Crippen LogP contribution in [0.4, 0.5) is 14.9 Å². The smallest absolute Gasteiger partial charge is 0.319 e. The van der Waals surface area contributed by atoms with Crippen molar-refractivity contribution in [2.75, 3.05) is 25.5 Å². The Morgan fingerprint density at radius 3 is 2.52 bits per heavy atom. The van der Waals surface area contributed by atoms with Gasteiger partial charge in [-0.2, -0.15) is 0 Å². The molecule has 122 valence electrons. The molecule has 2 N–H and O–H groups in total. The fourth-order valence-corrected chi connectivity index (χ4v) is 2.25. The second kappa shape index (κ2) is 8.90. The summed E-state index contributed by atoms with van der Waals surface area (Å²) in [7, 11) is 2.05. The molecule has 0 radical (unpaired) electrons. The summed E-state index contributed by atoms with van der Waals surface area (Å²) in [5.41, 5.74) is 1.45. The molecule has 0 heterocycles. The summed E-state index contributed by atoms with van der Waals surface area (Å²) >= 11 is 0. The first-order chi connectivity index (χ1) is 11.1. The highest BCUT2D eigenvalue weighted by atomic mass is 19.1. The van der Waals surface area contributed by atoms with Gasteiger partial charge < -0.3 is 15.5 Å². The zero-order valence-electron chi connectivity index (χ0n) is 13.3. The first-order valence-corrected chi connectivity index (χ1v) is 7.67. The Labute approximate surface area is 136 Å². The second-order valence-electron chi connectivity index (χ2n) is 5.44. The molecule has 0 aliphatic carbocycles. The maximum absolute atomic E-state index is 13.4. The number of halogens is 1. The molecule has 0 saturated heterocycles. The van der Waals surface area contributed by atoms with E-state index in [1.807, 2.05) is 25.2 Å². The average molecular weight is 315 g/mol. The normalized spacial score (nSPS) is 10.6. The van der Waals surface area contributed by atoms with Crippen molar-refractivity contribution in [3.63, 3.8) is 0 Å². The molecule has 2 amide bonds. The highest BCUT2D eigenvalue weighted by Crippen LogP contribution is 2.11. The summed E-state index contributed by atoms with van der Waals surface area (Å²) in [6, 6.07) is 16.0. The maximum atomic E-state index is 13.4. The van der Waals surface area contributed by atoms with Gasteiger partial charge in [-0.1, -0.05) is 42.5 Å². The van der Waals surface area contributed by atoms with Gasteiger partial charge in [0.15, 0.2) is 0 Å². The molecule has 0 aliphatic rings. The Hall–Kier alpha value is -2.40. The van der Waals surface area contributed by atoms with Gasteiger partial charge in [-0.05, 0) is 37.7 Å². The van der Waals surface area contributed by atoms with Crippen molar-refractivity contribution in [3.8, 4) is 0 Å².